The Hall–Kier alpha value is -1.53. The monoisotopic (exact) mass is 307 g/mol. The molecule has 1 heterocycles. The molecule has 1 aromatic rings. The highest BCUT2D eigenvalue weighted by Gasteiger charge is 2.19. The maximum Gasteiger partial charge on any atom is 0.233 e. The van der Waals surface area contributed by atoms with Crippen molar-refractivity contribution < 1.29 is 9.59 Å². The molecule has 114 valence electrons. The summed E-state index contributed by atoms with van der Waals surface area (Å²) in [5.74, 6) is 0.458. The minimum Gasteiger partial charge on any atom is -0.339 e. The Bertz CT molecular complexity index is 513. The summed E-state index contributed by atoms with van der Waals surface area (Å²) in [5, 5.41) is 2.79. The van der Waals surface area contributed by atoms with E-state index in [1.54, 1.807) is 0 Å². The van der Waals surface area contributed by atoms with Crippen molar-refractivity contribution in [3.8, 4) is 0 Å². The fraction of sp³-hybridized carbons (Fsp3) is 0.467. The molecule has 0 unspecified atom stereocenters. The van der Waals surface area contributed by atoms with Crippen LogP contribution in [0.2, 0.25) is 0 Å². The lowest BCUT2D eigenvalue weighted by atomic mass is 10.3. The Morgan fingerprint density at radius 2 is 1.86 bits per heavy atom. The Labute approximate surface area is 129 Å². The number of carbonyl (C=O) groups excluding carboxylic acids is 2. The molecule has 6 heteroatoms. The molecular weight excluding hydrogens is 286 g/mol. The number of carbonyl (C=O) groups is 2. The topological polar surface area (TPSA) is 52.7 Å². The molecule has 5 nitrogen and oxygen atoms in total. The molecule has 1 saturated heterocycles. The van der Waals surface area contributed by atoms with Crippen LogP contribution in [-0.2, 0) is 9.59 Å². The molecule has 0 aliphatic carbocycles. The first-order valence-electron chi connectivity index (χ1n) is 7.02. The first-order chi connectivity index (χ1) is 10.1. The zero-order chi connectivity index (χ0) is 15.2. The SMILES string of the molecule is CC(=O)Nc1ccccc1SCC(=O)N1CCN(C)CC1. The van der Waals surface area contributed by atoms with E-state index in [0.29, 0.717) is 5.75 Å². The van der Waals surface area contributed by atoms with Crippen LogP contribution in [-0.4, -0.2) is 60.6 Å². The Morgan fingerprint density at radius 1 is 1.19 bits per heavy atom. The smallest absolute Gasteiger partial charge is 0.233 e. The number of para-hydroxylation sites is 1. The van der Waals surface area contributed by atoms with E-state index < -0.39 is 0 Å². The van der Waals surface area contributed by atoms with Crippen LogP contribution < -0.4 is 5.32 Å². The van der Waals surface area contributed by atoms with Crippen molar-refractivity contribution in [3.63, 3.8) is 0 Å². The van der Waals surface area contributed by atoms with Gasteiger partial charge < -0.3 is 15.1 Å². The van der Waals surface area contributed by atoms with E-state index in [0.717, 1.165) is 36.8 Å². The summed E-state index contributed by atoms with van der Waals surface area (Å²) in [7, 11) is 2.07. The van der Waals surface area contributed by atoms with Gasteiger partial charge in [0.05, 0.1) is 11.4 Å². The molecule has 2 amide bonds. The van der Waals surface area contributed by atoms with E-state index in [4.69, 9.17) is 0 Å². The van der Waals surface area contributed by atoms with Crippen LogP contribution in [0, 0.1) is 0 Å². The molecule has 0 spiro atoms. The minimum absolute atomic E-state index is 0.103. The molecule has 0 atom stereocenters. The van der Waals surface area contributed by atoms with E-state index in [-0.39, 0.29) is 11.8 Å². The summed E-state index contributed by atoms with van der Waals surface area (Å²) in [5.41, 5.74) is 0.765. The van der Waals surface area contributed by atoms with Crippen molar-refractivity contribution in [3.05, 3.63) is 24.3 Å². The van der Waals surface area contributed by atoms with Crippen LogP contribution in [0.15, 0.2) is 29.2 Å². The molecule has 0 radical (unpaired) electrons. The number of hydrogen-bond acceptors (Lipinski definition) is 4. The van der Waals surface area contributed by atoms with Crippen LogP contribution in [0.3, 0.4) is 0 Å². The van der Waals surface area contributed by atoms with Gasteiger partial charge >= 0.3 is 0 Å². The first kappa shape index (κ1) is 15.9. The molecule has 0 bridgehead atoms. The van der Waals surface area contributed by atoms with E-state index in [1.165, 1.54) is 18.7 Å². The number of anilines is 1. The highest BCUT2D eigenvalue weighted by Crippen LogP contribution is 2.27. The Balaban J connectivity index is 1.90. The number of piperazine rings is 1. The summed E-state index contributed by atoms with van der Waals surface area (Å²) in [6, 6.07) is 7.56. The van der Waals surface area contributed by atoms with Crippen LogP contribution in [0.5, 0.6) is 0 Å². The largest absolute Gasteiger partial charge is 0.339 e. The number of likely N-dealkylation sites (N-methyl/N-ethyl adjacent to an activating group) is 1. The molecule has 1 fully saturated rings. The molecule has 2 rings (SSSR count). The fourth-order valence-electron chi connectivity index (χ4n) is 2.17. The Kier molecular flexibility index (Phi) is 5.64. The van der Waals surface area contributed by atoms with Gasteiger partial charge in [-0.15, -0.1) is 11.8 Å². The number of nitrogens with zero attached hydrogens (tertiary/aromatic N) is 2. The second kappa shape index (κ2) is 7.47. The number of thioether (sulfide) groups is 1. The molecular formula is C15H21N3O2S. The van der Waals surface area contributed by atoms with Crippen molar-refractivity contribution in [2.24, 2.45) is 0 Å². The molecule has 1 N–H and O–H groups in total. The van der Waals surface area contributed by atoms with Crippen LogP contribution >= 0.6 is 11.8 Å². The molecule has 1 aliphatic rings. The number of amides is 2. The summed E-state index contributed by atoms with van der Waals surface area (Å²) >= 11 is 1.47. The number of rotatable bonds is 4. The van der Waals surface area contributed by atoms with Crippen molar-refractivity contribution in [1.82, 2.24) is 9.80 Å². The van der Waals surface area contributed by atoms with Gasteiger partial charge in [0.25, 0.3) is 0 Å². The van der Waals surface area contributed by atoms with Crippen molar-refractivity contribution in [1.29, 1.82) is 0 Å². The fourth-order valence-corrected chi connectivity index (χ4v) is 3.08. The molecule has 0 aromatic heterocycles. The lowest BCUT2D eigenvalue weighted by Crippen LogP contribution is -2.47. The molecule has 0 saturated carbocycles. The normalized spacial score (nSPS) is 15.8. The predicted octanol–water partition coefficient (Wildman–Crippen LogP) is 1.51. The van der Waals surface area contributed by atoms with Gasteiger partial charge in [-0.1, -0.05) is 12.1 Å². The van der Waals surface area contributed by atoms with E-state index >= 15 is 0 Å². The average Bonchev–Trinajstić information content (AvgIpc) is 2.46. The number of benzene rings is 1. The van der Waals surface area contributed by atoms with E-state index in [2.05, 4.69) is 17.3 Å². The van der Waals surface area contributed by atoms with Gasteiger partial charge in [-0.05, 0) is 19.2 Å². The third kappa shape index (κ3) is 4.75. The van der Waals surface area contributed by atoms with Crippen LogP contribution in [0.1, 0.15) is 6.92 Å². The summed E-state index contributed by atoms with van der Waals surface area (Å²) in [4.78, 5) is 28.5. The predicted molar refractivity (Wildman–Crippen MR) is 85.5 cm³/mol. The summed E-state index contributed by atoms with van der Waals surface area (Å²) in [6.07, 6.45) is 0. The second-order valence-electron chi connectivity index (χ2n) is 5.15. The molecule has 21 heavy (non-hydrogen) atoms. The summed E-state index contributed by atoms with van der Waals surface area (Å²) < 4.78 is 0. The maximum atomic E-state index is 12.2. The van der Waals surface area contributed by atoms with Gasteiger partial charge in [-0.25, -0.2) is 0 Å². The molecule has 1 aliphatic heterocycles. The quantitative estimate of drug-likeness (QED) is 0.857. The van der Waals surface area contributed by atoms with Crippen molar-refractivity contribution in [2.75, 3.05) is 44.3 Å². The minimum atomic E-state index is -0.103. The van der Waals surface area contributed by atoms with Crippen molar-refractivity contribution in [2.45, 2.75) is 11.8 Å². The van der Waals surface area contributed by atoms with Crippen molar-refractivity contribution >= 4 is 29.3 Å². The van der Waals surface area contributed by atoms with Gasteiger partial charge in [-0.3, -0.25) is 9.59 Å². The second-order valence-corrected chi connectivity index (χ2v) is 6.17. The van der Waals surface area contributed by atoms with Crippen LogP contribution in [0.25, 0.3) is 0 Å². The van der Waals surface area contributed by atoms with E-state index in [1.807, 2.05) is 29.2 Å². The third-order valence-corrected chi connectivity index (χ3v) is 4.46. The zero-order valence-corrected chi connectivity index (χ0v) is 13.3. The average molecular weight is 307 g/mol. The lowest BCUT2D eigenvalue weighted by molar-refractivity contribution is -0.129. The number of hydrogen-bond donors (Lipinski definition) is 1. The standard InChI is InChI=1S/C15H21N3O2S/c1-12(19)16-13-5-3-4-6-14(13)21-11-15(20)18-9-7-17(2)8-10-18/h3-6H,7-11H2,1-2H3,(H,16,19). The van der Waals surface area contributed by atoms with Gasteiger partial charge in [-0.2, -0.15) is 0 Å². The van der Waals surface area contributed by atoms with Crippen LogP contribution in [0.4, 0.5) is 5.69 Å². The highest BCUT2D eigenvalue weighted by atomic mass is 32.2. The van der Waals surface area contributed by atoms with E-state index in [9.17, 15) is 9.59 Å². The van der Waals surface area contributed by atoms with Gasteiger partial charge in [0, 0.05) is 38.0 Å². The van der Waals surface area contributed by atoms with Gasteiger partial charge in [0.15, 0.2) is 0 Å². The zero-order valence-electron chi connectivity index (χ0n) is 12.5. The first-order valence-corrected chi connectivity index (χ1v) is 8.00. The highest BCUT2D eigenvalue weighted by molar-refractivity contribution is 8.00. The van der Waals surface area contributed by atoms with Gasteiger partial charge in [0.2, 0.25) is 11.8 Å². The van der Waals surface area contributed by atoms with Gasteiger partial charge in [0.1, 0.15) is 0 Å². The molecule has 1 aromatic carbocycles. The number of nitrogens with one attached hydrogen (secondary N) is 1. The summed E-state index contributed by atoms with van der Waals surface area (Å²) in [6.45, 7) is 4.93. The lowest BCUT2D eigenvalue weighted by Gasteiger charge is -2.32. The Morgan fingerprint density at radius 3 is 2.52 bits per heavy atom. The maximum absolute atomic E-state index is 12.2. The third-order valence-electron chi connectivity index (χ3n) is 3.40.